The Morgan fingerprint density at radius 3 is 1.96 bits per heavy atom. The lowest BCUT2D eigenvalue weighted by Crippen LogP contribution is -2.24. The molecule has 0 amide bonds. The Labute approximate surface area is 143 Å². The summed E-state index contributed by atoms with van der Waals surface area (Å²) in [5, 5.41) is 9.23. The number of hydrogen-bond donors (Lipinski definition) is 0. The third-order valence-electron chi connectivity index (χ3n) is 5.06. The van der Waals surface area contributed by atoms with E-state index >= 15 is 0 Å². The fraction of sp³-hybridized carbons (Fsp3) is 0.500. The van der Waals surface area contributed by atoms with E-state index in [4.69, 9.17) is 0 Å². The van der Waals surface area contributed by atoms with Gasteiger partial charge in [0.1, 0.15) is 0 Å². The monoisotopic (exact) mass is 358 g/mol. The van der Waals surface area contributed by atoms with Crippen molar-refractivity contribution in [2.24, 2.45) is 17.3 Å². The molecule has 136 valence electrons. The van der Waals surface area contributed by atoms with Gasteiger partial charge in [-0.3, -0.25) is 0 Å². The highest BCUT2D eigenvalue weighted by Crippen LogP contribution is 2.60. The molecule has 0 saturated heterocycles. The minimum Gasteiger partial charge on any atom is -0.306 e. The van der Waals surface area contributed by atoms with Gasteiger partial charge in [-0.2, -0.15) is 5.26 Å². The maximum atomic E-state index is 13.8. The highest BCUT2D eigenvalue weighted by atomic mass is 19.2. The smallest absolute Gasteiger partial charge is 0.200 e. The first-order valence-electron chi connectivity index (χ1n) is 7.81. The van der Waals surface area contributed by atoms with E-state index in [0.717, 1.165) is 16.9 Å². The third-order valence-corrected chi connectivity index (χ3v) is 5.06. The van der Waals surface area contributed by atoms with E-state index in [-0.39, 0.29) is 23.8 Å². The fourth-order valence-electron chi connectivity index (χ4n) is 3.36. The van der Waals surface area contributed by atoms with Crippen LogP contribution in [-0.4, -0.2) is 11.4 Å². The number of allylic oxidation sites excluding steroid dienone is 1. The van der Waals surface area contributed by atoms with Crippen molar-refractivity contribution >= 4 is 0 Å². The maximum absolute atomic E-state index is 13.8. The average molecular weight is 358 g/mol. The van der Waals surface area contributed by atoms with E-state index in [1.165, 1.54) is 0 Å². The van der Waals surface area contributed by atoms with Crippen molar-refractivity contribution in [3.63, 3.8) is 0 Å². The van der Waals surface area contributed by atoms with Crippen LogP contribution in [0.25, 0.3) is 0 Å². The van der Waals surface area contributed by atoms with Gasteiger partial charge in [-0.1, -0.05) is 19.4 Å². The van der Waals surface area contributed by atoms with Gasteiger partial charge in [0, 0.05) is 12.1 Å². The Balaban J connectivity index is 2.20. The highest BCUT2D eigenvalue weighted by Gasteiger charge is 2.57. The Kier molecular flexibility index (Phi) is 5.12. The first-order chi connectivity index (χ1) is 11.5. The molecule has 7 heteroatoms. The first kappa shape index (κ1) is 19.2. The van der Waals surface area contributed by atoms with Gasteiger partial charge >= 0.3 is 0 Å². The number of halogens is 5. The summed E-state index contributed by atoms with van der Waals surface area (Å²) in [4.78, 5) is 1.03. The number of hydrogen-bond acceptors (Lipinski definition) is 2. The van der Waals surface area contributed by atoms with Gasteiger partial charge in [-0.25, -0.2) is 22.0 Å². The Morgan fingerprint density at radius 1 is 1.04 bits per heavy atom. The van der Waals surface area contributed by atoms with Crippen LogP contribution in [0.2, 0.25) is 0 Å². The van der Waals surface area contributed by atoms with Gasteiger partial charge in [0.05, 0.1) is 6.54 Å². The van der Waals surface area contributed by atoms with Crippen LogP contribution < -0.4 is 0 Å². The predicted octanol–water partition coefficient (Wildman–Crippen LogP) is 4.90. The standard InChI is InChI=1S/C18H19F5N2/c1-9(2)5-11-12(18(11,3)4)7-25(8-24)6-10-13(19)15(21)17(23)16(22)14(10)20/h11-12H,1,5-7H2,2-4H3/t11-,12+/m0/s1. The van der Waals surface area contributed by atoms with Gasteiger partial charge < -0.3 is 4.90 Å². The topological polar surface area (TPSA) is 27.0 Å². The summed E-state index contributed by atoms with van der Waals surface area (Å²) >= 11 is 0. The maximum Gasteiger partial charge on any atom is 0.200 e. The summed E-state index contributed by atoms with van der Waals surface area (Å²) in [5.41, 5.74) is -0.0820. The Morgan fingerprint density at radius 2 is 1.52 bits per heavy atom. The lowest BCUT2D eigenvalue weighted by atomic mass is 10.0. The summed E-state index contributed by atoms with van der Waals surface area (Å²) in [5.74, 6) is -9.66. The molecule has 0 N–H and O–H groups in total. The molecular weight excluding hydrogens is 339 g/mol. The summed E-state index contributed by atoms with van der Waals surface area (Å²) < 4.78 is 67.2. The van der Waals surface area contributed by atoms with Crippen molar-refractivity contribution in [2.45, 2.75) is 33.7 Å². The highest BCUT2D eigenvalue weighted by molar-refractivity contribution is 5.24. The summed E-state index contributed by atoms with van der Waals surface area (Å²) in [6.45, 7) is 9.28. The molecular formula is C18H19F5N2. The SMILES string of the molecule is C=C(C)C[C@H]1[C@@H](CN(C#N)Cc2c(F)c(F)c(F)c(F)c2F)C1(C)C. The minimum atomic E-state index is -2.20. The quantitative estimate of drug-likeness (QED) is 0.181. The Hall–Kier alpha value is -2.10. The van der Waals surface area contributed by atoms with Crippen LogP contribution in [0, 0.1) is 57.8 Å². The van der Waals surface area contributed by atoms with Crippen LogP contribution in [0.4, 0.5) is 22.0 Å². The van der Waals surface area contributed by atoms with Crippen molar-refractivity contribution in [3.05, 3.63) is 46.8 Å². The molecule has 1 aromatic carbocycles. The predicted molar refractivity (Wildman–Crippen MR) is 82.4 cm³/mol. The third kappa shape index (κ3) is 3.48. The van der Waals surface area contributed by atoms with E-state index in [1.54, 1.807) is 6.19 Å². The normalized spacial score (nSPS) is 20.9. The van der Waals surface area contributed by atoms with Crippen LogP contribution in [0.3, 0.4) is 0 Å². The molecule has 1 aliphatic carbocycles. The van der Waals surface area contributed by atoms with Crippen molar-refractivity contribution in [1.29, 1.82) is 5.26 Å². The minimum absolute atomic E-state index is 0.0742. The Bertz CT molecular complexity index is 722. The molecule has 0 unspecified atom stereocenters. The summed E-state index contributed by atoms with van der Waals surface area (Å²) in [6, 6.07) is 0. The van der Waals surface area contributed by atoms with Gasteiger partial charge in [-0.05, 0) is 30.6 Å². The zero-order valence-electron chi connectivity index (χ0n) is 14.3. The average Bonchev–Trinajstić information content (AvgIpc) is 3.04. The van der Waals surface area contributed by atoms with Gasteiger partial charge in [-0.15, -0.1) is 6.58 Å². The lowest BCUT2D eigenvalue weighted by molar-refractivity contribution is 0.313. The number of benzene rings is 1. The molecule has 1 saturated carbocycles. The number of nitriles is 1. The van der Waals surface area contributed by atoms with E-state index in [2.05, 4.69) is 6.58 Å². The van der Waals surface area contributed by atoms with E-state index in [9.17, 15) is 27.2 Å². The fourth-order valence-corrected chi connectivity index (χ4v) is 3.36. The molecule has 2 nitrogen and oxygen atoms in total. The molecule has 2 atom stereocenters. The van der Waals surface area contributed by atoms with Crippen molar-refractivity contribution in [2.75, 3.05) is 6.54 Å². The van der Waals surface area contributed by atoms with E-state index < -0.39 is 41.2 Å². The summed E-state index contributed by atoms with van der Waals surface area (Å²) in [7, 11) is 0. The second-order valence-electron chi connectivity index (χ2n) is 7.22. The zero-order valence-corrected chi connectivity index (χ0v) is 14.3. The van der Waals surface area contributed by atoms with E-state index in [0.29, 0.717) is 0 Å². The summed E-state index contributed by atoms with van der Waals surface area (Å²) in [6.07, 6.45) is 2.54. The molecule has 2 rings (SSSR count). The molecule has 1 aromatic rings. The van der Waals surface area contributed by atoms with Crippen LogP contribution in [-0.2, 0) is 6.54 Å². The van der Waals surface area contributed by atoms with Crippen molar-refractivity contribution in [1.82, 2.24) is 4.90 Å². The van der Waals surface area contributed by atoms with Crippen LogP contribution in [0.5, 0.6) is 0 Å². The van der Waals surface area contributed by atoms with Crippen LogP contribution in [0.15, 0.2) is 12.2 Å². The zero-order chi connectivity index (χ0) is 19.1. The van der Waals surface area contributed by atoms with Gasteiger partial charge in [0.25, 0.3) is 0 Å². The van der Waals surface area contributed by atoms with Crippen molar-refractivity contribution < 1.29 is 22.0 Å². The molecule has 0 spiro atoms. The van der Waals surface area contributed by atoms with Crippen molar-refractivity contribution in [3.8, 4) is 6.19 Å². The van der Waals surface area contributed by atoms with Crippen LogP contribution in [0.1, 0.15) is 32.8 Å². The van der Waals surface area contributed by atoms with Gasteiger partial charge in [0.15, 0.2) is 29.5 Å². The van der Waals surface area contributed by atoms with Gasteiger partial charge in [0.2, 0.25) is 5.82 Å². The molecule has 0 aliphatic heterocycles. The van der Waals surface area contributed by atoms with E-state index in [1.807, 2.05) is 20.8 Å². The second-order valence-corrected chi connectivity index (χ2v) is 7.22. The first-order valence-corrected chi connectivity index (χ1v) is 7.81. The molecule has 0 bridgehead atoms. The molecule has 0 aromatic heterocycles. The number of nitrogens with zero attached hydrogens (tertiary/aromatic N) is 2. The largest absolute Gasteiger partial charge is 0.306 e. The molecule has 25 heavy (non-hydrogen) atoms. The molecule has 0 radical (unpaired) electrons. The molecule has 0 heterocycles. The lowest BCUT2D eigenvalue weighted by Gasteiger charge is -2.18. The molecule has 1 aliphatic rings. The van der Waals surface area contributed by atoms with Crippen LogP contribution >= 0.6 is 0 Å². The number of rotatable bonds is 6. The second kappa shape index (κ2) is 6.66. The molecule has 1 fully saturated rings.